The SMILES string of the molecule is CC1(CNC(=O)CCCc2csc3ccccc23)CCNCC1. The van der Waals surface area contributed by atoms with Gasteiger partial charge in [0.05, 0.1) is 0 Å². The van der Waals surface area contributed by atoms with Crippen molar-refractivity contribution in [2.24, 2.45) is 5.41 Å². The van der Waals surface area contributed by atoms with E-state index in [2.05, 4.69) is 47.2 Å². The number of carbonyl (C=O) groups is 1. The van der Waals surface area contributed by atoms with E-state index in [9.17, 15) is 4.79 Å². The Balaban J connectivity index is 1.42. The number of carbonyl (C=O) groups excluding carboxylic acids is 1. The summed E-state index contributed by atoms with van der Waals surface area (Å²) in [5.41, 5.74) is 1.65. The third-order valence-corrected chi connectivity index (χ3v) is 5.95. The van der Waals surface area contributed by atoms with Crippen LogP contribution in [0.5, 0.6) is 0 Å². The zero-order chi connectivity index (χ0) is 16.1. The molecule has 0 saturated carbocycles. The molecule has 0 aliphatic carbocycles. The molecule has 1 saturated heterocycles. The molecule has 1 amide bonds. The predicted octanol–water partition coefficient (Wildman–Crippen LogP) is 3.73. The third-order valence-electron chi connectivity index (χ3n) is 4.93. The van der Waals surface area contributed by atoms with Gasteiger partial charge in [-0.3, -0.25) is 4.79 Å². The molecule has 0 radical (unpaired) electrons. The molecule has 4 heteroatoms. The topological polar surface area (TPSA) is 41.1 Å². The number of rotatable bonds is 6. The molecule has 2 N–H and O–H groups in total. The van der Waals surface area contributed by atoms with Crippen LogP contribution in [-0.4, -0.2) is 25.5 Å². The van der Waals surface area contributed by atoms with Crippen molar-refractivity contribution in [2.75, 3.05) is 19.6 Å². The van der Waals surface area contributed by atoms with Gasteiger partial charge >= 0.3 is 0 Å². The van der Waals surface area contributed by atoms with Gasteiger partial charge in [-0.1, -0.05) is 25.1 Å². The summed E-state index contributed by atoms with van der Waals surface area (Å²) in [6, 6.07) is 8.51. The number of thiophene rings is 1. The standard InChI is InChI=1S/C19H26N2OS/c1-19(9-11-20-12-10-19)14-21-18(22)8-4-5-15-13-23-17-7-3-2-6-16(15)17/h2-3,6-7,13,20H,4-5,8-12,14H2,1H3,(H,21,22). The van der Waals surface area contributed by atoms with E-state index in [1.54, 1.807) is 11.3 Å². The van der Waals surface area contributed by atoms with Gasteiger partial charge in [-0.2, -0.15) is 0 Å². The Hall–Kier alpha value is -1.39. The van der Waals surface area contributed by atoms with Crippen LogP contribution in [0.25, 0.3) is 10.1 Å². The highest BCUT2D eigenvalue weighted by Gasteiger charge is 2.26. The maximum Gasteiger partial charge on any atom is 0.220 e. The Morgan fingerprint density at radius 1 is 1.30 bits per heavy atom. The number of amides is 1. The van der Waals surface area contributed by atoms with E-state index >= 15 is 0 Å². The van der Waals surface area contributed by atoms with Crippen LogP contribution in [0.4, 0.5) is 0 Å². The maximum absolute atomic E-state index is 12.1. The molecule has 23 heavy (non-hydrogen) atoms. The molecular weight excluding hydrogens is 304 g/mol. The van der Waals surface area contributed by atoms with E-state index in [1.807, 2.05) is 0 Å². The predicted molar refractivity (Wildman–Crippen MR) is 98.0 cm³/mol. The summed E-state index contributed by atoms with van der Waals surface area (Å²) in [6.45, 7) is 5.23. The molecule has 0 atom stereocenters. The molecule has 0 unspecified atom stereocenters. The summed E-state index contributed by atoms with van der Waals surface area (Å²) in [5, 5.41) is 10.1. The number of fused-ring (bicyclic) bond motifs is 1. The Morgan fingerprint density at radius 3 is 2.91 bits per heavy atom. The largest absolute Gasteiger partial charge is 0.356 e. The van der Waals surface area contributed by atoms with Crippen molar-refractivity contribution in [1.82, 2.24) is 10.6 Å². The van der Waals surface area contributed by atoms with Crippen molar-refractivity contribution < 1.29 is 4.79 Å². The van der Waals surface area contributed by atoms with Gasteiger partial charge in [0.1, 0.15) is 0 Å². The van der Waals surface area contributed by atoms with Gasteiger partial charge in [0.2, 0.25) is 5.91 Å². The van der Waals surface area contributed by atoms with Crippen molar-refractivity contribution in [3.05, 3.63) is 35.2 Å². The molecule has 3 rings (SSSR count). The van der Waals surface area contributed by atoms with Crippen molar-refractivity contribution in [1.29, 1.82) is 0 Å². The minimum atomic E-state index is 0.198. The van der Waals surface area contributed by atoms with Gasteiger partial charge in [-0.25, -0.2) is 0 Å². The number of hydrogen-bond donors (Lipinski definition) is 2. The van der Waals surface area contributed by atoms with E-state index in [-0.39, 0.29) is 11.3 Å². The lowest BCUT2D eigenvalue weighted by molar-refractivity contribution is -0.121. The summed E-state index contributed by atoms with van der Waals surface area (Å²) in [7, 11) is 0. The lowest BCUT2D eigenvalue weighted by atomic mass is 9.81. The van der Waals surface area contributed by atoms with Crippen LogP contribution in [0, 0.1) is 5.41 Å². The molecule has 124 valence electrons. The van der Waals surface area contributed by atoms with Gasteiger partial charge in [0, 0.05) is 17.7 Å². The molecule has 1 aliphatic rings. The first-order chi connectivity index (χ1) is 11.2. The molecule has 0 spiro atoms. The molecule has 3 nitrogen and oxygen atoms in total. The Kier molecular flexibility index (Phi) is 5.34. The van der Waals surface area contributed by atoms with Gasteiger partial charge in [0.25, 0.3) is 0 Å². The highest BCUT2D eigenvalue weighted by molar-refractivity contribution is 7.17. The average molecular weight is 330 g/mol. The van der Waals surface area contributed by atoms with Gasteiger partial charge < -0.3 is 10.6 Å². The first-order valence-electron chi connectivity index (χ1n) is 8.59. The second-order valence-electron chi connectivity index (χ2n) is 6.95. The van der Waals surface area contributed by atoms with Gasteiger partial charge in [-0.15, -0.1) is 11.3 Å². The average Bonchev–Trinajstić information content (AvgIpc) is 2.97. The lowest BCUT2D eigenvalue weighted by Gasteiger charge is -2.34. The van der Waals surface area contributed by atoms with E-state index in [1.165, 1.54) is 15.6 Å². The Labute approximate surface area is 142 Å². The van der Waals surface area contributed by atoms with Crippen molar-refractivity contribution >= 4 is 27.3 Å². The molecule has 2 heterocycles. The normalized spacial score (nSPS) is 17.3. The Morgan fingerprint density at radius 2 is 2.09 bits per heavy atom. The molecule has 0 bridgehead atoms. The van der Waals surface area contributed by atoms with Gasteiger partial charge in [0.15, 0.2) is 0 Å². The van der Waals surface area contributed by atoms with Crippen LogP contribution in [-0.2, 0) is 11.2 Å². The van der Waals surface area contributed by atoms with Crippen molar-refractivity contribution in [2.45, 2.75) is 39.0 Å². The van der Waals surface area contributed by atoms with Crippen molar-refractivity contribution in [3.8, 4) is 0 Å². The summed E-state index contributed by atoms with van der Waals surface area (Å²) in [4.78, 5) is 12.1. The number of aryl methyl sites for hydroxylation is 1. The number of benzene rings is 1. The first-order valence-corrected chi connectivity index (χ1v) is 9.47. The quantitative estimate of drug-likeness (QED) is 0.847. The number of piperidine rings is 1. The van der Waals surface area contributed by atoms with E-state index in [0.29, 0.717) is 6.42 Å². The summed E-state index contributed by atoms with van der Waals surface area (Å²) in [5.74, 6) is 0.198. The van der Waals surface area contributed by atoms with Crippen LogP contribution < -0.4 is 10.6 Å². The molecule has 1 aliphatic heterocycles. The lowest BCUT2D eigenvalue weighted by Crippen LogP contribution is -2.42. The molecule has 2 aromatic rings. The Bertz CT molecular complexity index is 658. The fourth-order valence-electron chi connectivity index (χ4n) is 3.27. The van der Waals surface area contributed by atoms with E-state index < -0.39 is 0 Å². The minimum absolute atomic E-state index is 0.198. The maximum atomic E-state index is 12.1. The second kappa shape index (κ2) is 7.45. The fraction of sp³-hybridized carbons (Fsp3) is 0.526. The molecule has 1 fully saturated rings. The van der Waals surface area contributed by atoms with Crippen LogP contribution in [0.2, 0.25) is 0 Å². The number of hydrogen-bond acceptors (Lipinski definition) is 3. The molecule has 1 aromatic carbocycles. The smallest absolute Gasteiger partial charge is 0.220 e. The van der Waals surface area contributed by atoms with Crippen LogP contribution in [0.1, 0.15) is 38.2 Å². The van der Waals surface area contributed by atoms with Crippen LogP contribution in [0.3, 0.4) is 0 Å². The summed E-state index contributed by atoms with van der Waals surface area (Å²) < 4.78 is 1.34. The monoisotopic (exact) mass is 330 g/mol. The highest BCUT2D eigenvalue weighted by Crippen LogP contribution is 2.27. The van der Waals surface area contributed by atoms with Crippen molar-refractivity contribution in [3.63, 3.8) is 0 Å². The van der Waals surface area contributed by atoms with Gasteiger partial charge in [-0.05, 0) is 66.6 Å². The van der Waals surface area contributed by atoms with E-state index in [0.717, 1.165) is 45.3 Å². The fourth-order valence-corrected chi connectivity index (χ4v) is 4.27. The first kappa shape index (κ1) is 16.5. The third kappa shape index (κ3) is 4.33. The number of nitrogens with one attached hydrogen (secondary N) is 2. The zero-order valence-electron chi connectivity index (χ0n) is 13.9. The summed E-state index contributed by atoms with van der Waals surface area (Å²) in [6.07, 6.45) is 4.82. The molecular formula is C19H26N2OS. The molecule has 1 aromatic heterocycles. The highest BCUT2D eigenvalue weighted by atomic mass is 32.1. The second-order valence-corrected chi connectivity index (χ2v) is 7.86. The van der Waals surface area contributed by atoms with Crippen LogP contribution >= 0.6 is 11.3 Å². The van der Waals surface area contributed by atoms with Crippen LogP contribution in [0.15, 0.2) is 29.6 Å². The zero-order valence-corrected chi connectivity index (χ0v) is 14.7. The minimum Gasteiger partial charge on any atom is -0.356 e. The summed E-state index contributed by atoms with van der Waals surface area (Å²) >= 11 is 1.79. The van der Waals surface area contributed by atoms with E-state index in [4.69, 9.17) is 0 Å².